The quantitative estimate of drug-likeness (QED) is 0.614. The standard InChI is InChI=1S/C12H13BrN2O4/c1-14(8-2-3-8)12(16)7-19-11-6-9(15(17)18)4-5-10(11)13/h4-6,8H,2-3,7H2,1H3. The molecule has 0 heterocycles. The van der Waals surface area contributed by atoms with Gasteiger partial charge in [0.2, 0.25) is 0 Å². The van der Waals surface area contributed by atoms with E-state index in [-0.39, 0.29) is 18.2 Å². The molecule has 1 fully saturated rings. The minimum atomic E-state index is -0.503. The van der Waals surface area contributed by atoms with Crippen molar-refractivity contribution >= 4 is 27.5 Å². The number of likely N-dealkylation sites (N-methyl/N-ethyl adjacent to an activating group) is 1. The third kappa shape index (κ3) is 3.44. The molecule has 0 atom stereocenters. The predicted octanol–water partition coefficient (Wildman–Crippen LogP) is 2.36. The molecule has 2 rings (SSSR count). The number of nitro benzene ring substituents is 1. The Morgan fingerprint density at radius 2 is 2.26 bits per heavy atom. The third-order valence-electron chi connectivity index (χ3n) is 2.96. The fraction of sp³-hybridized carbons (Fsp3) is 0.417. The lowest BCUT2D eigenvalue weighted by atomic mass is 10.3. The van der Waals surface area contributed by atoms with Gasteiger partial charge in [-0.15, -0.1) is 0 Å². The van der Waals surface area contributed by atoms with Crippen LogP contribution in [-0.4, -0.2) is 35.4 Å². The van der Waals surface area contributed by atoms with Gasteiger partial charge in [0.25, 0.3) is 11.6 Å². The molecular weight excluding hydrogens is 316 g/mol. The molecule has 0 N–H and O–H groups in total. The number of amides is 1. The van der Waals surface area contributed by atoms with Crippen LogP contribution in [0, 0.1) is 10.1 Å². The normalized spacial score (nSPS) is 14.0. The zero-order valence-electron chi connectivity index (χ0n) is 10.3. The summed E-state index contributed by atoms with van der Waals surface area (Å²) in [6.07, 6.45) is 2.06. The lowest BCUT2D eigenvalue weighted by Crippen LogP contribution is -2.33. The first kappa shape index (κ1) is 13.8. The van der Waals surface area contributed by atoms with E-state index in [1.54, 1.807) is 11.9 Å². The summed E-state index contributed by atoms with van der Waals surface area (Å²) in [5.41, 5.74) is -0.0683. The molecule has 102 valence electrons. The summed E-state index contributed by atoms with van der Waals surface area (Å²) in [6.45, 7) is -0.118. The molecule has 7 heteroatoms. The molecule has 0 aromatic heterocycles. The fourth-order valence-electron chi connectivity index (χ4n) is 1.62. The van der Waals surface area contributed by atoms with Gasteiger partial charge in [-0.05, 0) is 34.8 Å². The molecule has 1 aromatic carbocycles. The van der Waals surface area contributed by atoms with Gasteiger partial charge >= 0.3 is 0 Å². The van der Waals surface area contributed by atoms with E-state index < -0.39 is 4.92 Å². The molecule has 19 heavy (non-hydrogen) atoms. The van der Waals surface area contributed by atoms with Crippen molar-refractivity contribution in [1.29, 1.82) is 0 Å². The van der Waals surface area contributed by atoms with Crippen molar-refractivity contribution < 1.29 is 14.5 Å². The van der Waals surface area contributed by atoms with Crippen LogP contribution in [0.25, 0.3) is 0 Å². The predicted molar refractivity (Wildman–Crippen MR) is 72.1 cm³/mol. The van der Waals surface area contributed by atoms with E-state index in [2.05, 4.69) is 15.9 Å². The Labute approximate surface area is 118 Å². The number of hydrogen-bond acceptors (Lipinski definition) is 4. The largest absolute Gasteiger partial charge is 0.482 e. The van der Waals surface area contributed by atoms with Gasteiger partial charge in [0, 0.05) is 19.2 Å². The first-order valence-corrected chi connectivity index (χ1v) is 6.60. The monoisotopic (exact) mass is 328 g/mol. The number of benzene rings is 1. The average molecular weight is 329 g/mol. The van der Waals surface area contributed by atoms with Crippen LogP contribution in [-0.2, 0) is 4.79 Å². The average Bonchev–Trinajstić information content (AvgIpc) is 3.20. The number of rotatable bonds is 5. The molecule has 0 saturated heterocycles. The molecule has 1 aliphatic carbocycles. The number of nitrogens with zero attached hydrogens (tertiary/aromatic N) is 2. The van der Waals surface area contributed by atoms with Gasteiger partial charge in [-0.2, -0.15) is 0 Å². The second-order valence-electron chi connectivity index (χ2n) is 4.40. The number of halogens is 1. The molecule has 1 aliphatic rings. The van der Waals surface area contributed by atoms with Gasteiger partial charge in [0.1, 0.15) is 5.75 Å². The molecule has 1 aromatic rings. The van der Waals surface area contributed by atoms with E-state index in [9.17, 15) is 14.9 Å². The van der Waals surface area contributed by atoms with E-state index in [0.29, 0.717) is 16.3 Å². The van der Waals surface area contributed by atoms with Crippen LogP contribution >= 0.6 is 15.9 Å². The minimum absolute atomic E-state index is 0.0683. The highest BCUT2D eigenvalue weighted by Crippen LogP contribution is 2.30. The van der Waals surface area contributed by atoms with Crippen molar-refractivity contribution in [2.24, 2.45) is 0 Å². The van der Waals surface area contributed by atoms with Gasteiger partial charge in [0.15, 0.2) is 6.61 Å². The maximum Gasteiger partial charge on any atom is 0.273 e. The van der Waals surface area contributed by atoms with E-state index in [4.69, 9.17) is 4.74 Å². The molecule has 6 nitrogen and oxygen atoms in total. The topological polar surface area (TPSA) is 72.7 Å². The van der Waals surface area contributed by atoms with Crippen molar-refractivity contribution in [3.05, 3.63) is 32.8 Å². The summed E-state index contributed by atoms with van der Waals surface area (Å²) in [5.74, 6) is 0.174. The zero-order valence-corrected chi connectivity index (χ0v) is 11.9. The number of carbonyl (C=O) groups is 1. The van der Waals surface area contributed by atoms with Gasteiger partial charge in [0.05, 0.1) is 15.5 Å². The molecule has 0 spiro atoms. The highest BCUT2D eigenvalue weighted by molar-refractivity contribution is 9.10. The van der Waals surface area contributed by atoms with Gasteiger partial charge in [-0.3, -0.25) is 14.9 Å². The highest BCUT2D eigenvalue weighted by Gasteiger charge is 2.29. The van der Waals surface area contributed by atoms with Crippen LogP contribution in [0.3, 0.4) is 0 Å². The molecule has 0 bridgehead atoms. The van der Waals surface area contributed by atoms with E-state index in [1.807, 2.05) is 0 Å². The van der Waals surface area contributed by atoms with Crippen molar-refractivity contribution in [3.8, 4) is 5.75 Å². The van der Waals surface area contributed by atoms with Crippen LogP contribution in [0.5, 0.6) is 5.75 Å². The maximum atomic E-state index is 11.8. The third-order valence-corrected chi connectivity index (χ3v) is 3.62. The van der Waals surface area contributed by atoms with E-state index >= 15 is 0 Å². The smallest absolute Gasteiger partial charge is 0.273 e. The van der Waals surface area contributed by atoms with E-state index in [1.165, 1.54) is 18.2 Å². The Morgan fingerprint density at radius 3 is 2.84 bits per heavy atom. The molecule has 1 saturated carbocycles. The number of ether oxygens (including phenoxy) is 1. The minimum Gasteiger partial charge on any atom is -0.482 e. The second-order valence-corrected chi connectivity index (χ2v) is 5.25. The van der Waals surface area contributed by atoms with Crippen LogP contribution in [0.15, 0.2) is 22.7 Å². The van der Waals surface area contributed by atoms with Gasteiger partial charge < -0.3 is 9.64 Å². The second kappa shape index (κ2) is 5.56. The number of nitro groups is 1. The SMILES string of the molecule is CN(C(=O)COc1cc([N+](=O)[O-])ccc1Br)C1CC1. The Balaban J connectivity index is 2.00. The molecule has 0 aliphatic heterocycles. The number of hydrogen-bond donors (Lipinski definition) is 0. The maximum absolute atomic E-state index is 11.8. The van der Waals surface area contributed by atoms with Crippen LogP contribution < -0.4 is 4.74 Å². The van der Waals surface area contributed by atoms with Crippen LogP contribution in [0.2, 0.25) is 0 Å². The van der Waals surface area contributed by atoms with Gasteiger partial charge in [-0.25, -0.2) is 0 Å². The fourth-order valence-corrected chi connectivity index (χ4v) is 1.98. The lowest BCUT2D eigenvalue weighted by molar-refractivity contribution is -0.385. The van der Waals surface area contributed by atoms with Crippen molar-refractivity contribution in [2.75, 3.05) is 13.7 Å². The van der Waals surface area contributed by atoms with Gasteiger partial charge in [-0.1, -0.05) is 0 Å². The Morgan fingerprint density at radius 1 is 1.58 bits per heavy atom. The van der Waals surface area contributed by atoms with Crippen molar-refractivity contribution in [2.45, 2.75) is 18.9 Å². The van der Waals surface area contributed by atoms with Crippen LogP contribution in [0.1, 0.15) is 12.8 Å². The Hall–Kier alpha value is -1.63. The first-order chi connectivity index (χ1) is 8.99. The molecule has 0 unspecified atom stereocenters. The molecular formula is C12H13BrN2O4. The summed E-state index contributed by atoms with van der Waals surface area (Å²) in [5, 5.41) is 10.7. The molecule has 0 radical (unpaired) electrons. The van der Waals surface area contributed by atoms with E-state index in [0.717, 1.165) is 12.8 Å². The van der Waals surface area contributed by atoms with Crippen molar-refractivity contribution in [1.82, 2.24) is 4.90 Å². The van der Waals surface area contributed by atoms with Crippen LogP contribution in [0.4, 0.5) is 5.69 Å². The number of non-ortho nitro benzene ring substituents is 1. The highest BCUT2D eigenvalue weighted by atomic mass is 79.9. The summed E-state index contributed by atoms with van der Waals surface area (Å²) in [6, 6.07) is 4.52. The summed E-state index contributed by atoms with van der Waals surface area (Å²) >= 11 is 3.24. The number of carbonyl (C=O) groups excluding carboxylic acids is 1. The lowest BCUT2D eigenvalue weighted by Gasteiger charge is -2.16. The van der Waals surface area contributed by atoms with Crippen molar-refractivity contribution in [3.63, 3.8) is 0 Å². The summed E-state index contributed by atoms with van der Waals surface area (Å²) < 4.78 is 5.93. The first-order valence-electron chi connectivity index (χ1n) is 5.81. The summed E-state index contributed by atoms with van der Waals surface area (Å²) in [7, 11) is 1.74. The Kier molecular flexibility index (Phi) is 4.04. The summed E-state index contributed by atoms with van der Waals surface area (Å²) in [4.78, 5) is 23.6. The Bertz CT molecular complexity index is 516. The molecule has 1 amide bonds. The zero-order chi connectivity index (χ0) is 14.0.